The molecule has 0 atom stereocenters. The van der Waals surface area contributed by atoms with Gasteiger partial charge in [-0.05, 0) is 64.5 Å². The second-order valence-corrected chi connectivity index (χ2v) is 16.2. The predicted molar refractivity (Wildman–Crippen MR) is 194 cm³/mol. The molecule has 0 N–H and O–H groups in total. The normalized spacial score (nSPS) is 15.2. The van der Waals surface area contributed by atoms with Crippen LogP contribution >= 0.6 is 7.92 Å². The van der Waals surface area contributed by atoms with Crippen LogP contribution in [0, 0.1) is 6.92 Å². The van der Waals surface area contributed by atoms with Gasteiger partial charge in [0.25, 0.3) is 0 Å². The van der Waals surface area contributed by atoms with Crippen LogP contribution in [0.5, 0.6) is 0 Å². The van der Waals surface area contributed by atoms with Crippen molar-refractivity contribution in [2.45, 2.75) is 59.3 Å². The van der Waals surface area contributed by atoms with Gasteiger partial charge in [0, 0.05) is 23.1 Å². The monoisotopic (exact) mass is 594 g/mol. The van der Waals surface area contributed by atoms with Gasteiger partial charge >= 0.3 is 0 Å². The molecule has 0 fully saturated rings. The van der Waals surface area contributed by atoms with Crippen molar-refractivity contribution < 1.29 is 0 Å². The van der Waals surface area contributed by atoms with Gasteiger partial charge in [-0.25, -0.2) is 4.99 Å². The summed E-state index contributed by atoms with van der Waals surface area (Å²) >= 11 is 0. The van der Waals surface area contributed by atoms with Crippen LogP contribution in [0.1, 0.15) is 69.4 Å². The summed E-state index contributed by atoms with van der Waals surface area (Å²) in [5.74, 6) is 0. The Morgan fingerprint density at radius 2 is 1.09 bits per heavy atom. The second kappa shape index (κ2) is 11.9. The van der Waals surface area contributed by atoms with Gasteiger partial charge in [-0.1, -0.05) is 151 Å². The van der Waals surface area contributed by atoms with Crippen molar-refractivity contribution in [1.82, 2.24) is 0 Å². The van der Waals surface area contributed by atoms with Crippen LogP contribution in [0.3, 0.4) is 0 Å². The van der Waals surface area contributed by atoms with E-state index in [-0.39, 0.29) is 10.8 Å². The van der Waals surface area contributed by atoms with Crippen LogP contribution in [0.25, 0.3) is 10.8 Å². The first-order valence-electron chi connectivity index (χ1n) is 15.7. The third kappa shape index (κ3) is 5.81. The molecule has 0 spiro atoms. The highest BCUT2D eigenvalue weighted by molar-refractivity contribution is 7.73. The Morgan fingerprint density at radius 3 is 1.64 bits per heavy atom. The average molecular weight is 595 g/mol. The molecule has 222 valence electrons. The minimum atomic E-state index is -0.526. The van der Waals surface area contributed by atoms with Crippen molar-refractivity contribution in [3.63, 3.8) is 0 Å². The maximum atomic E-state index is 5.62. The zero-order valence-corrected chi connectivity index (χ0v) is 28.0. The van der Waals surface area contributed by atoms with Crippen molar-refractivity contribution in [3.05, 3.63) is 137 Å². The molecule has 0 aromatic heterocycles. The third-order valence-electron chi connectivity index (χ3n) is 8.64. The number of hydrogen-bond acceptors (Lipinski definition) is 2. The number of rotatable bonds is 6. The molecule has 5 aromatic rings. The van der Waals surface area contributed by atoms with Gasteiger partial charge in [0.15, 0.2) is 0 Å². The molecule has 2 nitrogen and oxygen atoms in total. The highest BCUT2D eigenvalue weighted by atomic mass is 31.1. The summed E-state index contributed by atoms with van der Waals surface area (Å²) in [4.78, 5) is 11.1. The maximum Gasteiger partial charge on any atom is 0.0974 e. The molecule has 0 bridgehead atoms. The van der Waals surface area contributed by atoms with Crippen molar-refractivity contribution in [3.8, 4) is 0 Å². The molecule has 3 heteroatoms. The quantitative estimate of drug-likeness (QED) is 0.175. The van der Waals surface area contributed by atoms with E-state index in [1.165, 1.54) is 49.2 Å². The summed E-state index contributed by atoms with van der Waals surface area (Å²) in [6.07, 6.45) is 0.984. The lowest BCUT2D eigenvalue weighted by Gasteiger charge is -2.28. The highest BCUT2D eigenvalue weighted by Gasteiger charge is 2.30. The molecule has 0 radical (unpaired) electrons. The van der Waals surface area contributed by atoms with E-state index < -0.39 is 7.92 Å². The lowest BCUT2D eigenvalue weighted by atomic mass is 9.78. The first-order valence-corrected chi connectivity index (χ1v) is 17.2. The van der Waals surface area contributed by atoms with Crippen molar-refractivity contribution in [2.75, 3.05) is 12.7 Å². The Kier molecular flexibility index (Phi) is 8.16. The van der Waals surface area contributed by atoms with E-state index >= 15 is 0 Å². The SMILES string of the molecule is Cc1c(C(C)(C)C)ccc(C(C)(C)C)c1N=C1C(=NCCP(c2ccccc2)c2ccccc2)c2cccc3cccc1c23. The summed E-state index contributed by atoms with van der Waals surface area (Å²) in [6, 6.07) is 39.7. The van der Waals surface area contributed by atoms with Gasteiger partial charge in [0.2, 0.25) is 0 Å². The predicted octanol–water partition coefficient (Wildman–Crippen LogP) is 9.80. The van der Waals surface area contributed by atoms with E-state index in [9.17, 15) is 0 Å². The first-order chi connectivity index (χ1) is 21.0. The zero-order valence-electron chi connectivity index (χ0n) is 27.1. The minimum Gasteiger partial charge on any atom is -0.282 e. The Labute approximate surface area is 264 Å². The molecule has 0 heterocycles. The number of nitrogens with zero attached hydrogens (tertiary/aromatic N) is 2. The highest BCUT2D eigenvalue weighted by Crippen LogP contribution is 2.41. The third-order valence-corrected chi connectivity index (χ3v) is 11.1. The van der Waals surface area contributed by atoms with Gasteiger partial charge < -0.3 is 0 Å². The summed E-state index contributed by atoms with van der Waals surface area (Å²) < 4.78 is 0. The lowest BCUT2D eigenvalue weighted by Crippen LogP contribution is -2.19. The van der Waals surface area contributed by atoms with Crippen LogP contribution in [-0.4, -0.2) is 24.1 Å². The van der Waals surface area contributed by atoms with Crippen LogP contribution in [0.15, 0.2) is 119 Å². The van der Waals surface area contributed by atoms with Crippen molar-refractivity contribution in [2.24, 2.45) is 9.98 Å². The largest absolute Gasteiger partial charge is 0.282 e. The average Bonchev–Trinajstić information content (AvgIpc) is 3.29. The lowest BCUT2D eigenvalue weighted by molar-refractivity contribution is 0.574. The summed E-state index contributed by atoms with van der Waals surface area (Å²) in [6.45, 7) is 16.7. The molecule has 5 aromatic carbocycles. The standard InChI is InChI=1S/C41H43N2P/c1-28-34(40(2,3)4)24-25-35(41(5,6)7)37(28)43-39-33-23-15-17-29-16-14-22-32(36(29)33)38(39)42-26-27-44(30-18-10-8-11-19-30)31-20-12-9-13-21-31/h8-25H,26-27H2,1-7H3. The maximum absolute atomic E-state index is 5.62. The Balaban J connectivity index is 1.50. The van der Waals surface area contributed by atoms with Gasteiger partial charge in [0.1, 0.15) is 0 Å². The van der Waals surface area contributed by atoms with Crippen molar-refractivity contribution >= 4 is 46.4 Å². The van der Waals surface area contributed by atoms with Gasteiger partial charge in [-0.3, -0.25) is 4.99 Å². The molecule has 0 saturated carbocycles. The van der Waals surface area contributed by atoms with Crippen LogP contribution in [0.4, 0.5) is 5.69 Å². The fraction of sp³-hybridized carbons (Fsp3) is 0.268. The van der Waals surface area contributed by atoms with Crippen molar-refractivity contribution in [1.29, 1.82) is 0 Å². The van der Waals surface area contributed by atoms with Crippen LogP contribution in [-0.2, 0) is 10.8 Å². The van der Waals surface area contributed by atoms with E-state index in [2.05, 4.69) is 158 Å². The molecule has 0 aliphatic heterocycles. The van der Waals surface area contributed by atoms with E-state index in [0.29, 0.717) is 0 Å². The molecular formula is C41H43N2P. The minimum absolute atomic E-state index is 0.0249. The van der Waals surface area contributed by atoms with Crippen LogP contribution in [0.2, 0.25) is 0 Å². The van der Waals surface area contributed by atoms with Gasteiger partial charge in [0.05, 0.1) is 17.1 Å². The molecular weight excluding hydrogens is 551 g/mol. The summed E-state index contributed by atoms with van der Waals surface area (Å²) in [5, 5.41) is 5.29. The van der Waals surface area contributed by atoms with E-state index in [1.807, 2.05) is 0 Å². The van der Waals surface area contributed by atoms with Crippen LogP contribution < -0.4 is 10.6 Å². The smallest absolute Gasteiger partial charge is 0.0974 e. The van der Waals surface area contributed by atoms with Gasteiger partial charge in [-0.2, -0.15) is 0 Å². The Morgan fingerprint density at radius 1 is 0.568 bits per heavy atom. The molecule has 0 unspecified atom stereocenters. The molecule has 0 amide bonds. The first kappa shape index (κ1) is 30.2. The second-order valence-electron chi connectivity index (χ2n) is 13.9. The number of benzene rings is 5. The van der Waals surface area contributed by atoms with Gasteiger partial charge in [-0.15, -0.1) is 0 Å². The van der Waals surface area contributed by atoms with E-state index in [0.717, 1.165) is 29.8 Å². The molecule has 1 aliphatic rings. The Hall–Kier alpha value is -3.87. The topological polar surface area (TPSA) is 24.7 Å². The summed E-state index contributed by atoms with van der Waals surface area (Å²) in [7, 11) is -0.526. The molecule has 1 aliphatic carbocycles. The molecule has 44 heavy (non-hydrogen) atoms. The Bertz CT molecular complexity index is 1830. The number of aliphatic imine (C=N–C) groups is 2. The van der Waals surface area contributed by atoms with E-state index in [1.54, 1.807) is 0 Å². The molecule has 0 saturated heterocycles. The number of hydrogen-bond donors (Lipinski definition) is 0. The fourth-order valence-corrected chi connectivity index (χ4v) is 8.70. The fourth-order valence-electron chi connectivity index (χ4n) is 6.52. The summed E-state index contributed by atoms with van der Waals surface area (Å²) in [5.41, 5.74) is 9.35. The zero-order chi connectivity index (χ0) is 31.1. The van der Waals surface area contributed by atoms with E-state index in [4.69, 9.17) is 9.98 Å². The molecule has 6 rings (SSSR count).